The van der Waals surface area contributed by atoms with Crippen molar-refractivity contribution in [2.75, 3.05) is 6.61 Å². The highest BCUT2D eigenvalue weighted by Crippen LogP contribution is 2.41. The van der Waals surface area contributed by atoms with E-state index in [0.29, 0.717) is 12.2 Å². The second kappa shape index (κ2) is 5.88. The Labute approximate surface area is 125 Å². The number of rotatable bonds is 2. The lowest BCUT2D eigenvalue weighted by Gasteiger charge is -2.43. The summed E-state index contributed by atoms with van der Waals surface area (Å²) < 4.78 is 19.6. The van der Waals surface area contributed by atoms with Crippen LogP contribution in [0.15, 0.2) is 18.2 Å². The quantitative estimate of drug-likeness (QED) is 0.752. The van der Waals surface area contributed by atoms with E-state index in [9.17, 15) is 9.18 Å². The van der Waals surface area contributed by atoms with Gasteiger partial charge in [0.25, 0.3) is 0 Å². The topological polar surface area (TPSA) is 26.3 Å². The molecule has 3 rings (SSSR count). The first-order chi connectivity index (χ1) is 10.1. The van der Waals surface area contributed by atoms with Gasteiger partial charge in [-0.1, -0.05) is 19.3 Å². The number of benzene rings is 1. The standard InChI is InChI=1S/C18H23FO2/c1-13-9-15(11-16(19)10-13)17(20)14-5-8-21-18(12-14)6-3-2-4-7-18/h9-11,14H,2-8,12H2,1H3. The summed E-state index contributed by atoms with van der Waals surface area (Å²) in [5.41, 5.74) is 1.24. The van der Waals surface area contributed by atoms with Crippen LogP contribution in [-0.4, -0.2) is 18.0 Å². The van der Waals surface area contributed by atoms with E-state index in [4.69, 9.17) is 4.74 Å². The average Bonchev–Trinajstić information content (AvgIpc) is 2.46. The summed E-state index contributed by atoms with van der Waals surface area (Å²) in [6.45, 7) is 2.48. The molecule has 114 valence electrons. The minimum Gasteiger partial charge on any atom is -0.375 e. The minimum absolute atomic E-state index is 0.0157. The number of hydrogen-bond acceptors (Lipinski definition) is 2. The highest BCUT2D eigenvalue weighted by atomic mass is 19.1. The first-order valence-corrected chi connectivity index (χ1v) is 8.03. The zero-order valence-corrected chi connectivity index (χ0v) is 12.7. The second-order valence-corrected chi connectivity index (χ2v) is 6.66. The maximum Gasteiger partial charge on any atom is 0.166 e. The van der Waals surface area contributed by atoms with Crippen molar-refractivity contribution in [1.29, 1.82) is 0 Å². The van der Waals surface area contributed by atoms with E-state index < -0.39 is 0 Å². The zero-order valence-electron chi connectivity index (χ0n) is 12.7. The average molecular weight is 290 g/mol. The fraction of sp³-hybridized carbons (Fsp3) is 0.611. The SMILES string of the molecule is Cc1cc(F)cc(C(=O)C2CCOC3(CCCCC3)C2)c1. The van der Waals surface area contributed by atoms with Crippen LogP contribution in [0.25, 0.3) is 0 Å². The van der Waals surface area contributed by atoms with Crippen molar-refractivity contribution in [1.82, 2.24) is 0 Å². The Kier molecular flexibility index (Phi) is 4.12. The normalized spacial score (nSPS) is 25.0. The van der Waals surface area contributed by atoms with E-state index >= 15 is 0 Å². The summed E-state index contributed by atoms with van der Waals surface area (Å²) in [5, 5.41) is 0. The maximum absolute atomic E-state index is 13.5. The number of ketones is 1. The van der Waals surface area contributed by atoms with E-state index in [-0.39, 0.29) is 23.1 Å². The molecule has 1 aliphatic heterocycles. The van der Waals surface area contributed by atoms with Crippen molar-refractivity contribution in [2.45, 2.75) is 57.5 Å². The number of ether oxygens (including phenoxy) is 1. The minimum atomic E-state index is -0.321. The molecule has 1 saturated heterocycles. The number of carbonyl (C=O) groups excluding carboxylic acids is 1. The fourth-order valence-electron chi connectivity index (χ4n) is 3.91. The van der Waals surface area contributed by atoms with Crippen molar-refractivity contribution in [3.8, 4) is 0 Å². The van der Waals surface area contributed by atoms with Gasteiger partial charge in [-0.3, -0.25) is 4.79 Å². The lowest BCUT2D eigenvalue weighted by Crippen LogP contribution is -2.43. The van der Waals surface area contributed by atoms with Crippen LogP contribution in [0, 0.1) is 18.7 Å². The van der Waals surface area contributed by atoms with Gasteiger partial charge in [0.2, 0.25) is 0 Å². The van der Waals surface area contributed by atoms with Crippen LogP contribution >= 0.6 is 0 Å². The molecular weight excluding hydrogens is 267 g/mol. The molecule has 1 aromatic rings. The lowest BCUT2D eigenvalue weighted by atomic mass is 9.74. The Morgan fingerprint density at radius 1 is 1.24 bits per heavy atom. The highest BCUT2D eigenvalue weighted by molar-refractivity contribution is 5.98. The predicted molar refractivity (Wildman–Crippen MR) is 80.0 cm³/mol. The predicted octanol–water partition coefficient (Wildman–Crippen LogP) is 4.45. The van der Waals surface area contributed by atoms with E-state index in [1.165, 1.54) is 31.4 Å². The number of aryl methyl sites for hydroxylation is 1. The van der Waals surface area contributed by atoms with Crippen LogP contribution in [0.5, 0.6) is 0 Å². The molecule has 0 amide bonds. The number of carbonyl (C=O) groups is 1. The number of hydrogen-bond donors (Lipinski definition) is 0. The molecule has 0 N–H and O–H groups in total. The molecule has 1 heterocycles. The monoisotopic (exact) mass is 290 g/mol. The third kappa shape index (κ3) is 3.18. The second-order valence-electron chi connectivity index (χ2n) is 6.66. The number of halogens is 1. The van der Waals surface area contributed by atoms with Crippen LogP contribution in [0.1, 0.15) is 60.9 Å². The molecule has 1 aliphatic carbocycles. The molecule has 1 atom stereocenters. The van der Waals surface area contributed by atoms with E-state index in [1.54, 1.807) is 6.07 Å². The van der Waals surface area contributed by atoms with Gasteiger partial charge in [-0.25, -0.2) is 4.39 Å². The third-order valence-electron chi connectivity index (χ3n) is 4.96. The Morgan fingerprint density at radius 3 is 2.71 bits per heavy atom. The molecule has 21 heavy (non-hydrogen) atoms. The van der Waals surface area contributed by atoms with Crippen LogP contribution in [0.4, 0.5) is 4.39 Å². The third-order valence-corrected chi connectivity index (χ3v) is 4.96. The molecule has 2 nitrogen and oxygen atoms in total. The molecule has 0 radical (unpaired) electrons. The van der Waals surface area contributed by atoms with Gasteiger partial charge < -0.3 is 4.74 Å². The van der Waals surface area contributed by atoms with Crippen molar-refractivity contribution in [3.63, 3.8) is 0 Å². The van der Waals surface area contributed by atoms with Crippen LogP contribution < -0.4 is 0 Å². The highest BCUT2D eigenvalue weighted by Gasteiger charge is 2.40. The van der Waals surface area contributed by atoms with Gasteiger partial charge in [0, 0.05) is 18.1 Å². The first kappa shape index (κ1) is 14.7. The van der Waals surface area contributed by atoms with E-state index in [1.807, 2.05) is 6.92 Å². The summed E-state index contributed by atoms with van der Waals surface area (Å²) in [6.07, 6.45) is 7.36. The number of Topliss-reactive ketones (excluding diaryl/α,β-unsaturated/α-hetero) is 1. The molecule has 2 aliphatic rings. The van der Waals surface area contributed by atoms with Crippen molar-refractivity contribution in [3.05, 3.63) is 35.1 Å². The van der Waals surface area contributed by atoms with Crippen molar-refractivity contribution >= 4 is 5.78 Å². The first-order valence-electron chi connectivity index (χ1n) is 8.03. The van der Waals surface area contributed by atoms with Gasteiger partial charge in [-0.15, -0.1) is 0 Å². The Hall–Kier alpha value is -1.22. The van der Waals surface area contributed by atoms with Crippen LogP contribution in [0.2, 0.25) is 0 Å². The van der Waals surface area contributed by atoms with Crippen LogP contribution in [-0.2, 0) is 4.74 Å². The van der Waals surface area contributed by atoms with Crippen molar-refractivity contribution in [2.24, 2.45) is 5.92 Å². The molecule has 1 saturated carbocycles. The molecule has 2 fully saturated rings. The van der Waals surface area contributed by atoms with Gasteiger partial charge in [-0.2, -0.15) is 0 Å². The summed E-state index contributed by atoms with van der Waals surface area (Å²) in [7, 11) is 0. The molecule has 1 aromatic carbocycles. The molecule has 1 unspecified atom stereocenters. The summed E-state index contributed by atoms with van der Waals surface area (Å²) in [6, 6.07) is 4.64. The van der Waals surface area contributed by atoms with E-state index in [0.717, 1.165) is 31.2 Å². The van der Waals surface area contributed by atoms with Crippen molar-refractivity contribution < 1.29 is 13.9 Å². The van der Waals surface area contributed by atoms with Gasteiger partial charge >= 0.3 is 0 Å². The van der Waals surface area contributed by atoms with Gasteiger partial charge in [0.05, 0.1) is 5.60 Å². The maximum atomic E-state index is 13.5. The molecule has 3 heteroatoms. The fourth-order valence-corrected chi connectivity index (χ4v) is 3.91. The summed E-state index contributed by atoms with van der Waals surface area (Å²) in [5.74, 6) is -0.248. The Morgan fingerprint density at radius 2 is 2.00 bits per heavy atom. The summed E-state index contributed by atoms with van der Waals surface area (Å²) >= 11 is 0. The van der Waals surface area contributed by atoms with E-state index in [2.05, 4.69) is 0 Å². The molecular formula is C18H23FO2. The van der Waals surface area contributed by atoms with Gasteiger partial charge in [0.15, 0.2) is 5.78 Å². The van der Waals surface area contributed by atoms with Gasteiger partial charge in [0.1, 0.15) is 5.82 Å². The molecule has 0 bridgehead atoms. The largest absolute Gasteiger partial charge is 0.375 e. The molecule has 0 aromatic heterocycles. The Balaban J connectivity index is 1.77. The summed E-state index contributed by atoms with van der Waals surface area (Å²) in [4.78, 5) is 12.7. The smallest absolute Gasteiger partial charge is 0.166 e. The van der Waals surface area contributed by atoms with Gasteiger partial charge in [-0.05, 0) is 56.4 Å². The molecule has 1 spiro atoms. The zero-order chi connectivity index (χ0) is 14.9. The van der Waals surface area contributed by atoms with Crippen LogP contribution in [0.3, 0.4) is 0 Å². The lowest BCUT2D eigenvalue weighted by molar-refractivity contribution is -0.111. The Bertz CT molecular complexity index is 506.